The summed E-state index contributed by atoms with van der Waals surface area (Å²) in [6, 6.07) is 0. The highest BCUT2D eigenvalue weighted by molar-refractivity contribution is 5.56. The first-order valence-electron chi connectivity index (χ1n) is 7.43. The van der Waals surface area contributed by atoms with Gasteiger partial charge >= 0.3 is 0 Å². The van der Waals surface area contributed by atoms with Crippen LogP contribution in [0.2, 0.25) is 0 Å². The molecule has 4 unspecified atom stereocenters. The molecule has 0 saturated heterocycles. The van der Waals surface area contributed by atoms with Crippen LogP contribution >= 0.6 is 0 Å². The number of carbonyl (C=O) groups excluding carboxylic acids is 1. The lowest BCUT2D eigenvalue weighted by atomic mass is 9.87. The molecule has 2 bridgehead atoms. The van der Waals surface area contributed by atoms with Gasteiger partial charge in [-0.2, -0.15) is 0 Å². The molecule has 0 aromatic carbocycles. The highest BCUT2D eigenvalue weighted by Gasteiger charge is 2.48. The minimum absolute atomic E-state index is 0.212. The molecule has 0 radical (unpaired) electrons. The second kappa shape index (κ2) is 6.53. The van der Waals surface area contributed by atoms with Crippen molar-refractivity contribution in [2.24, 2.45) is 17.8 Å². The quantitative estimate of drug-likeness (QED) is 0.477. The summed E-state index contributed by atoms with van der Waals surface area (Å²) < 4.78 is 5.99. The summed E-state index contributed by atoms with van der Waals surface area (Å²) in [7, 11) is 0. The summed E-state index contributed by atoms with van der Waals surface area (Å²) in [6.45, 7) is 3.10. The molecule has 4 atom stereocenters. The van der Waals surface area contributed by atoms with Crippen molar-refractivity contribution in [1.82, 2.24) is 0 Å². The molecule has 0 N–H and O–H groups in total. The van der Waals surface area contributed by atoms with Gasteiger partial charge in [0.1, 0.15) is 6.29 Å². The molecular weight excluding hydrogens is 212 g/mol. The SMILES string of the molecule is CCCCCCCOC1C2CCC(C2)C1C=O. The van der Waals surface area contributed by atoms with Crippen LogP contribution in [0.1, 0.15) is 58.3 Å². The number of unbranched alkanes of at least 4 members (excludes halogenated alkanes) is 4. The van der Waals surface area contributed by atoms with Crippen LogP contribution in [0, 0.1) is 17.8 Å². The molecule has 2 rings (SSSR count). The van der Waals surface area contributed by atoms with Gasteiger partial charge in [0, 0.05) is 12.5 Å². The van der Waals surface area contributed by atoms with Gasteiger partial charge in [0.05, 0.1) is 6.10 Å². The third kappa shape index (κ3) is 3.09. The van der Waals surface area contributed by atoms with E-state index in [1.54, 1.807) is 0 Å². The zero-order valence-corrected chi connectivity index (χ0v) is 11.1. The highest BCUT2D eigenvalue weighted by Crippen LogP contribution is 2.49. The van der Waals surface area contributed by atoms with Gasteiger partial charge in [-0.15, -0.1) is 0 Å². The van der Waals surface area contributed by atoms with Crippen LogP contribution in [0.5, 0.6) is 0 Å². The molecule has 2 heteroatoms. The number of aldehydes is 1. The maximum Gasteiger partial charge on any atom is 0.125 e. The fourth-order valence-corrected chi connectivity index (χ4v) is 3.64. The zero-order chi connectivity index (χ0) is 12.1. The first-order chi connectivity index (χ1) is 8.36. The van der Waals surface area contributed by atoms with Gasteiger partial charge in [0.15, 0.2) is 0 Å². The molecule has 0 aromatic heterocycles. The lowest BCUT2D eigenvalue weighted by molar-refractivity contribution is -0.118. The molecule has 0 spiro atoms. The van der Waals surface area contributed by atoms with Crippen molar-refractivity contribution in [3.8, 4) is 0 Å². The van der Waals surface area contributed by atoms with Crippen LogP contribution in [0.4, 0.5) is 0 Å². The summed E-state index contributed by atoms with van der Waals surface area (Å²) >= 11 is 0. The number of carbonyl (C=O) groups is 1. The molecule has 0 aromatic rings. The smallest absolute Gasteiger partial charge is 0.125 e. The first-order valence-corrected chi connectivity index (χ1v) is 7.43. The van der Waals surface area contributed by atoms with E-state index in [0.717, 1.165) is 12.9 Å². The van der Waals surface area contributed by atoms with Crippen LogP contribution in [-0.2, 0) is 9.53 Å². The van der Waals surface area contributed by atoms with E-state index in [4.69, 9.17) is 4.74 Å². The van der Waals surface area contributed by atoms with Crippen molar-refractivity contribution in [2.75, 3.05) is 6.61 Å². The monoisotopic (exact) mass is 238 g/mol. The average molecular weight is 238 g/mol. The van der Waals surface area contributed by atoms with Gasteiger partial charge in [-0.25, -0.2) is 0 Å². The van der Waals surface area contributed by atoms with Crippen LogP contribution in [0.15, 0.2) is 0 Å². The number of ether oxygens (including phenoxy) is 1. The van der Waals surface area contributed by atoms with Gasteiger partial charge < -0.3 is 9.53 Å². The highest BCUT2D eigenvalue weighted by atomic mass is 16.5. The molecule has 98 valence electrons. The minimum atomic E-state index is 0.212. The minimum Gasteiger partial charge on any atom is -0.377 e. The Balaban J connectivity index is 1.63. The number of hydrogen-bond acceptors (Lipinski definition) is 2. The van der Waals surface area contributed by atoms with Crippen LogP contribution in [0.25, 0.3) is 0 Å². The van der Waals surface area contributed by atoms with E-state index in [9.17, 15) is 4.79 Å². The maximum absolute atomic E-state index is 11.1. The molecule has 2 aliphatic carbocycles. The van der Waals surface area contributed by atoms with E-state index in [1.165, 1.54) is 51.4 Å². The van der Waals surface area contributed by atoms with Crippen molar-refractivity contribution >= 4 is 6.29 Å². The molecule has 2 fully saturated rings. The van der Waals surface area contributed by atoms with E-state index < -0.39 is 0 Å². The number of hydrogen-bond donors (Lipinski definition) is 0. The zero-order valence-electron chi connectivity index (χ0n) is 11.1. The fourth-order valence-electron chi connectivity index (χ4n) is 3.64. The Kier molecular flexibility index (Phi) is 5.02. The second-order valence-electron chi connectivity index (χ2n) is 5.80. The van der Waals surface area contributed by atoms with Crippen molar-refractivity contribution in [3.63, 3.8) is 0 Å². The predicted molar refractivity (Wildman–Crippen MR) is 68.9 cm³/mol. The van der Waals surface area contributed by atoms with Crippen molar-refractivity contribution in [2.45, 2.75) is 64.4 Å². The lowest BCUT2D eigenvalue weighted by Crippen LogP contribution is -2.31. The summed E-state index contributed by atoms with van der Waals surface area (Å²) in [5.74, 6) is 1.54. The molecule has 0 aliphatic heterocycles. The molecular formula is C15H26O2. The van der Waals surface area contributed by atoms with E-state index in [2.05, 4.69) is 6.92 Å². The Morgan fingerprint density at radius 3 is 2.65 bits per heavy atom. The molecule has 2 saturated carbocycles. The Morgan fingerprint density at radius 1 is 1.12 bits per heavy atom. The normalized spacial score (nSPS) is 35.4. The van der Waals surface area contributed by atoms with Crippen molar-refractivity contribution in [1.29, 1.82) is 0 Å². The summed E-state index contributed by atoms with van der Waals surface area (Å²) in [5.41, 5.74) is 0. The molecule has 0 amide bonds. The van der Waals surface area contributed by atoms with E-state index in [0.29, 0.717) is 11.8 Å². The predicted octanol–water partition coefficient (Wildman–Crippen LogP) is 3.59. The van der Waals surface area contributed by atoms with Gasteiger partial charge in [-0.1, -0.05) is 32.6 Å². The van der Waals surface area contributed by atoms with Gasteiger partial charge in [-0.05, 0) is 37.5 Å². The molecule has 0 heterocycles. The fraction of sp³-hybridized carbons (Fsp3) is 0.933. The van der Waals surface area contributed by atoms with Crippen molar-refractivity contribution in [3.05, 3.63) is 0 Å². The van der Waals surface area contributed by atoms with E-state index in [-0.39, 0.29) is 12.0 Å². The van der Waals surface area contributed by atoms with E-state index in [1.807, 2.05) is 0 Å². The Labute approximate surface area is 105 Å². The third-order valence-electron chi connectivity index (χ3n) is 4.62. The first kappa shape index (κ1) is 13.1. The summed E-state index contributed by atoms with van der Waals surface area (Å²) in [5, 5.41) is 0. The van der Waals surface area contributed by atoms with Crippen LogP contribution < -0.4 is 0 Å². The topological polar surface area (TPSA) is 26.3 Å². The van der Waals surface area contributed by atoms with Gasteiger partial charge in [-0.3, -0.25) is 0 Å². The lowest BCUT2D eigenvalue weighted by Gasteiger charge is -2.27. The largest absolute Gasteiger partial charge is 0.377 e. The van der Waals surface area contributed by atoms with Crippen molar-refractivity contribution < 1.29 is 9.53 Å². The summed E-state index contributed by atoms with van der Waals surface area (Å²) in [6.07, 6.45) is 11.6. The standard InChI is InChI=1S/C15H26O2/c1-2-3-4-5-6-9-17-15-13-8-7-12(10-13)14(15)11-16/h11-15H,2-10H2,1H3. The summed E-state index contributed by atoms with van der Waals surface area (Å²) in [4.78, 5) is 11.1. The second-order valence-corrected chi connectivity index (χ2v) is 5.80. The Bertz CT molecular complexity index is 239. The third-order valence-corrected chi connectivity index (χ3v) is 4.62. The van der Waals surface area contributed by atoms with Gasteiger partial charge in [0.25, 0.3) is 0 Å². The number of fused-ring (bicyclic) bond motifs is 2. The molecule has 2 aliphatic rings. The van der Waals surface area contributed by atoms with Gasteiger partial charge in [0.2, 0.25) is 0 Å². The maximum atomic E-state index is 11.1. The van der Waals surface area contributed by atoms with E-state index >= 15 is 0 Å². The molecule has 17 heavy (non-hydrogen) atoms. The average Bonchev–Trinajstić information content (AvgIpc) is 2.93. The van der Waals surface area contributed by atoms with Crippen LogP contribution in [0.3, 0.4) is 0 Å². The Morgan fingerprint density at radius 2 is 1.88 bits per heavy atom. The number of rotatable bonds is 8. The Hall–Kier alpha value is -0.370. The van der Waals surface area contributed by atoms with Crippen LogP contribution in [-0.4, -0.2) is 19.0 Å². The molecule has 2 nitrogen and oxygen atoms in total.